The summed E-state index contributed by atoms with van der Waals surface area (Å²) in [7, 11) is 0. The SMILES string of the molecule is O=C(NCc1ccccc1-c1ccc(C2OC(CN3CCC(O)C3)CC(c3ccc(CO)cc3)O2)cc1)c1cccnc1. The quantitative estimate of drug-likeness (QED) is 0.262. The number of aliphatic hydroxyl groups is 2. The third kappa shape index (κ3) is 7.18. The van der Waals surface area contributed by atoms with Gasteiger partial charge in [0.2, 0.25) is 0 Å². The molecule has 2 saturated heterocycles. The van der Waals surface area contributed by atoms with Crippen molar-refractivity contribution in [1.82, 2.24) is 15.2 Å². The van der Waals surface area contributed by atoms with Crippen LogP contribution in [-0.4, -0.2) is 57.8 Å². The number of pyridine rings is 1. The van der Waals surface area contributed by atoms with Crippen molar-refractivity contribution in [2.75, 3.05) is 19.6 Å². The molecule has 4 atom stereocenters. The summed E-state index contributed by atoms with van der Waals surface area (Å²) in [5.74, 6) is -0.164. The number of hydrogen-bond donors (Lipinski definition) is 3. The highest BCUT2D eigenvalue weighted by Crippen LogP contribution is 2.39. The average Bonchev–Trinajstić information content (AvgIpc) is 3.48. The zero-order chi connectivity index (χ0) is 29.6. The minimum atomic E-state index is -0.545. The summed E-state index contributed by atoms with van der Waals surface area (Å²) in [5, 5.41) is 22.5. The summed E-state index contributed by atoms with van der Waals surface area (Å²) in [5.41, 5.74) is 6.45. The normalized spacial score (nSPS) is 22.4. The molecule has 0 aliphatic carbocycles. The van der Waals surface area contributed by atoms with Crippen molar-refractivity contribution in [2.45, 2.75) is 50.6 Å². The van der Waals surface area contributed by atoms with E-state index in [-0.39, 0.29) is 30.8 Å². The molecule has 222 valence electrons. The van der Waals surface area contributed by atoms with Crippen molar-refractivity contribution in [3.05, 3.63) is 125 Å². The number of rotatable bonds is 9. The van der Waals surface area contributed by atoms with Crippen LogP contribution in [0.5, 0.6) is 0 Å². The second-order valence-corrected chi connectivity index (χ2v) is 11.3. The van der Waals surface area contributed by atoms with Crippen LogP contribution in [-0.2, 0) is 22.6 Å². The summed E-state index contributed by atoms with van der Waals surface area (Å²) in [6.07, 6.45) is 3.65. The van der Waals surface area contributed by atoms with E-state index in [1.165, 1.54) is 0 Å². The van der Waals surface area contributed by atoms with Gasteiger partial charge in [-0.05, 0) is 46.4 Å². The van der Waals surface area contributed by atoms with E-state index in [1.54, 1.807) is 24.5 Å². The molecule has 2 fully saturated rings. The van der Waals surface area contributed by atoms with E-state index in [4.69, 9.17) is 9.47 Å². The fourth-order valence-electron chi connectivity index (χ4n) is 5.85. The number of amides is 1. The monoisotopic (exact) mass is 579 g/mol. The fourth-order valence-corrected chi connectivity index (χ4v) is 5.85. The molecular weight excluding hydrogens is 542 g/mol. The molecule has 0 spiro atoms. The first-order valence-corrected chi connectivity index (χ1v) is 14.8. The van der Waals surface area contributed by atoms with Crippen LogP contribution in [0.15, 0.2) is 97.3 Å². The van der Waals surface area contributed by atoms with E-state index in [0.29, 0.717) is 25.1 Å². The Balaban J connectivity index is 1.18. The molecule has 8 heteroatoms. The molecule has 2 aliphatic heterocycles. The summed E-state index contributed by atoms with van der Waals surface area (Å²) in [6, 6.07) is 27.6. The van der Waals surface area contributed by atoms with Crippen LogP contribution in [0.1, 0.15) is 57.8 Å². The van der Waals surface area contributed by atoms with Crippen LogP contribution >= 0.6 is 0 Å². The Morgan fingerprint density at radius 1 is 0.953 bits per heavy atom. The predicted molar refractivity (Wildman–Crippen MR) is 163 cm³/mol. The predicted octanol–water partition coefficient (Wildman–Crippen LogP) is 4.78. The number of carbonyl (C=O) groups is 1. The molecule has 0 saturated carbocycles. The van der Waals surface area contributed by atoms with E-state index in [0.717, 1.165) is 52.9 Å². The molecule has 1 aromatic heterocycles. The summed E-state index contributed by atoms with van der Waals surface area (Å²) >= 11 is 0. The molecule has 3 aromatic carbocycles. The molecule has 8 nitrogen and oxygen atoms in total. The first-order valence-electron chi connectivity index (χ1n) is 14.8. The second kappa shape index (κ2) is 13.6. The van der Waals surface area contributed by atoms with Crippen molar-refractivity contribution >= 4 is 5.91 Å². The van der Waals surface area contributed by atoms with E-state index in [1.807, 2.05) is 54.6 Å². The number of ether oxygens (including phenoxy) is 2. The molecule has 43 heavy (non-hydrogen) atoms. The fraction of sp³-hybridized carbons (Fsp3) is 0.314. The van der Waals surface area contributed by atoms with Crippen LogP contribution in [0, 0.1) is 0 Å². The lowest BCUT2D eigenvalue weighted by molar-refractivity contribution is -0.252. The van der Waals surface area contributed by atoms with E-state index in [9.17, 15) is 15.0 Å². The van der Waals surface area contributed by atoms with Gasteiger partial charge >= 0.3 is 0 Å². The number of aromatic nitrogens is 1. The third-order valence-electron chi connectivity index (χ3n) is 8.20. The maximum atomic E-state index is 12.6. The molecule has 3 N–H and O–H groups in total. The van der Waals surface area contributed by atoms with Gasteiger partial charge in [-0.1, -0.05) is 72.8 Å². The lowest BCUT2D eigenvalue weighted by atomic mass is 9.97. The lowest BCUT2D eigenvalue weighted by Gasteiger charge is -2.38. The molecule has 4 unspecified atom stereocenters. The highest BCUT2D eigenvalue weighted by Gasteiger charge is 2.34. The number of nitrogens with zero attached hydrogens (tertiary/aromatic N) is 2. The number of likely N-dealkylation sites (tertiary alicyclic amines) is 1. The average molecular weight is 580 g/mol. The topological polar surface area (TPSA) is 104 Å². The van der Waals surface area contributed by atoms with Gasteiger partial charge in [-0.25, -0.2) is 0 Å². The van der Waals surface area contributed by atoms with E-state index >= 15 is 0 Å². The molecule has 2 aliphatic rings. The van der Waals surface area contributed by atoms with E-state index < -0.39 is 6.29 Å². The number of aliphatic hydroxyl groups excluding tert-OH is 2. The lowest BCUT2D eigenvalue weighted by Crippen LogP contribution is -2.38. The van der Waals surface area contributed by atoms with Crippen molar-refractivity contribution in [1.29, 1.82) is 0 Å². The second-order valence-electron chi connectivity index (χ2n) is 11.3. The minimum absolute atomic E-state index is 0.00377. The first kappa shape index (κ1) is 29.2. The maximum Gasteiger partial charge on any atom is 0.253 e. The largest absolute Gasteiger partial charge is 0.392 e. The highest BCUT2D eigenvalue weighted by molar-refractivity contribution is 5.93. The van der Waals surface area contributed by atoms with Gasteiger partial charge in [0.15, 0.2) is 6.29 Å². The smallest absolute Gasteiger partial charge is 0.253 e. The third-order valence-corrected chi connectivity index (χ3v) is 8.20. The van der Waals surface area contributed by atoms with Crippen molar-refractivity contribution < 1.29 is 24.5 Å². The van der Waals surface area contributed by atoms with Crippen LogP contribution < -0.4 is 5.32 Å². The standard InChI is InChI=1S/C35H37N3O5/c39-23-24-7-9-26(10-8-24)33-18-31(22-38-17-15-30(40)21-38)42-35(43-33)27-13-11-25(12-14-27)32-6-2-1-4-28(32)20-37-34(41)29-5-3-16-36-19-29/h1-14,16,19,30-31,33,35,39-40H,15,17-18,20-23H2,(H,37,41). The molecule has 6 rings (SSSR count). The van der Waals surface area contributed by atoms with Gasteiger partial charge in [0.25, 0.3) is 5.91 Å². The number of nitrogens with one attached hydrogen (secondary N) is 1. The molecule has 1 amide bonds. The maximum absolute atomic E-state index is 12.6. The Bertz CT molecular complexity index is 1500. The molecule has 0 bridgehead atoms. The number of hydrogen-bond acceptors (Lipinski definition) is 7. The Labute approximate surface area is 251 Å². The number of carbonyl (C=O) groups excluding carboxylic acids is 1. The van der Waals surface area contributed by atoms with Gasteiger partial charge in [-0.3, -0.25) is 14.7 Å². The van der Waals surface area contributed by atoms with Crippen molar-refractivity contribution in [3.8, 4) is 11.1 Å². The van der Waals surface area contributed by atoms with Gasteiger partial charge < -0.3 is 25.0 Å². The van der Waals surface area contributed by atoms with Gasteiger partial charge in [-0.15, -0.1) is 0 Å². The Hall–Kier alpha value is -3.92. The molecular formula is C35H37N3O5. The van der Waals surface area contributed by atoms with Gasteiger partial charge in [0.05, 0.1) is 30.5 Å². The molecule has 3 heterocycles. The van der Waals surface area contributed by atoms with Gasteiger partial charge in [0.1, 0.15) is 0 Å². The number of β-amino-alcohol motifs (C(OH)–C–C–N with tert-alkyl or cyclic N) is 1. The van der Waals surface area contributed by atoms with Crippen LogP contribution in [0.2, 0.25) is 0 Å². The van der Waals surface area contributed by atoms with Gasteiger partial charge in [0, 0.05) is 50.6 Å². The van der Waals surface area contributed by atoms with Crippen LogP contribution in [0.4, 0.5) is 0 Å². The first-order chi connectivity index (χ1) is 21.1. The summed E-state index contributed by atoms with van der Waals surface area (Å²) in [6.45, 7) is 2.66. The number of benzene rings is 3. The summed E-state index contributed by atoms with van der Waals surface area (Å²) < 4.78 is 13.0. The Kier molecular flexibility index (Phi) is 9.21. The van der Waals surface area contributed by atoms with Crippen molar-refractivity contribution in [2.24, 2.45) is 0 Å². The van der Waals surface area contributed by atoms with Crippen LogP contribution in [0.3, 0.4) is 0 Å². The summed E-state index contributed by atoms with van der Waals surface area (Å²) in [4.78, 5) is 18.9. The van der Waals surface area contributed by atoms with Crippen molar-refractivity contribution in [3.63, 3.8) is 0 Å². The molecule has 0 radical (unpaired) electrons. The Morgan fingerprint density at radius 3 is 2.47 bits per heavy atom. The van der Waals surface area contributed by atoms with Crippen LogP contribution in [0.25, 0.3) is 11.1 Å². The zero-order valence-electron chi connectivity index (χ0n) is 24.0. The Morgan fingerprint density at radius 2 is 1.74 bits per heavy atom. The molecule has 4 aromatic rings. The zero-order valence-corrected chi connectivity index (χ0v) is 24.0. The van der Waals surface area contributed by atoms with E-state index in [2.05, 4.69) is 33.4 Å². The van der Waals surface area contributed by atoms with Gasteiger partial charge in [-0.2, -0.15) is 0 Å². The minimum Gasteiger partial charge on any atom is -0.392 e. The highest BCUT2D eigenvalue weighted by atomic mass is 16.7.